The van der Waals surface area contributed by atoms with Gasteiger partial charge < -0.3 is 15.1 Å². The Morgan fingerprint density at radius 3 is 2.41 bits per heavy atom. The van der Waals surface area contributed by atoms with E-state index in [9.17, 15) is 4.39 Å². The first-order valence-electron chi connectivity index (χ1n) is 7.44. The molecule has 0 aromatic carbocycles. The van der Waals surface area contributed by atoms with Gasteiger partial charge in [-0.2, -0.15) is 4.98 Å². The van der Waals surface area contributed by atoms with Crippen molar-refractivity contribution in [3.8, 4) is 0 Å². The highest BCUT2D eigenvalue weighted by atomic mass is 19.1. The summed E-state index contributed by atoms with van der Waals surface area (Å²) in [7, 11) is 0. The first-order valence-corrected chi connectivity index (χ1v) is 7.44. The zero-order valence-electron chi connectivity index (χ0n) is 12.5. The second-order valence-corrected chi connectivity index (χ2v) is 5.08. The van der Waals surface area contributed by atoms with E-state index in [1.54, 1.807) is 12.3 Å². The molecule has 0 radical (unpaired) electrons. The van der Waals surface area contributed by atoms with Crippen LogP contribution >= 0.6 is 0 Å². The number of aromatic nitrogens is 3. The summed E-state index contributed by atoms with van der Waals surface area (Å²) in [6, 6.07) is 5.09. The summed E-state index contributed by atoms with van der Waals surface area (Å²) in [6.45, 7) is 6.18. The maximum absolute atomic E-state index is 12.9. The van der Waals surface area contributed by atoms with Gasteiger partial charge in [0.1, 0.15) is 17.5 Å². The normalized spacial score (nSPS) is 15.0. The van der Waals surface area contributed by atoms with E-state index in [2.05, 4.69) is 30.1 Å². The number of nitrogens with zero attached hydrogens (tertiary/aromatic N) is 5. The Morgan fingerprint density at radius 1 is 1.05 bits per heavy atom. The summed E-state index contributed by atoms with van der Waals surface area (Å²) < 4.78 is 12.9. The van der Waals surface area contributed by atoms with Crippen molar-refractivity contribution in [1.29, 1.82) is 0 Å². The predicted octanol–water partition coefficient (Wildman–Crippen LogP) is 1.77. The Balaban J connectivity index is 1.64. The lowest BCUT2D eigenvalue weighted by molar-refractivity contribution is 0.614. The van der Waals surface area contributed by atoms with E-state index >= 15 is 0 Å². The van der Waals surface area contributed by atoms with Gasteiger partial charge in [-0.1, -0.05) is 0 Å². The van der Waals surface area contributed by atoms with Crippen LogP contribution in [0.15, 0.2) is 30.6 Å². The van der Waals surface area contributed by atoms with Crippen molar-refractivity contribution >= 4 is 17.6 Å². The molecule has 0 unspecified atom stereocenters. The quantitative estimate of drug-likeness (QED) is 0.929. The van der Waals surface area contributed by atoms with Gasteiger partial charge in [-0.15, -0.1) is 0 Å². The first kappa shape index (κ1) is 14.5. The van der Waals surface area contributed by atoms with E-state index in [-0.39, 0.29) is 5.82 Å². The van der Waals surface area contributed by atoms with Crippen LogP contribution in [-0.2, 0) is 0 Å². The number of pyridine rings is 1. The number of rotatable bonds is 4. The van der Waals surface area contributed by atoms with E-state index in [0.717, 1.165) is 44.4 Å². The fourth-order valence-electron chi connectivity index (χ4n) is 2.49. The second-order valence-electron chi connectivity index (χ2n) is 5.08. The molecule has 3 rings (SSSR count). The molecule has 2 aromatic heterocycles. The summed E-state index contributed by atoms with van der Waals surface area (Å²) in [5.41, 5.74) is 0. The number of halogens is 1. The molecule has 0 spiro atoms. The summed E-state index contributed by atoms with van der Waals surface area (Å²) in [5.74, 6) is 2.09. The second kappa shape index (κ2) is 6.55. The molecule has 1 saturated heterocycles. The van der Waals surface area contributed by atoms with E-state index in [1.165, 1.54) is 12.3 Å². The molecule has 3 heterocycles. The van der Waals surface area contributed by atoms with Crippen molar-refractivity contribution in [1.82, 2.24) is 15.0 Å². The molecule has 116 valence electrons. The summed E-state index contributed by atoms with van der Waals surface area (Å²) in [6.07, 6.45) is 3.03. The lowest BCUT2D eigenvalue weighted by Crippen LogP contribution is -2.47. The average molecular weight is 302 g/mol. The highest BCUT2D eigenvalue weighted by molar-refractivity contribution is 5.46. The minimum atomic E-state index is -0.306. The van der Waals surface area contributed by atoms with Gasteiger partial charge in [-0.3, -0.25) is 0 Å². The summed E-state index contributed by atoms with van der Waals surface area (Å²) in [5, 5.41) is 3.12. The van der Waals surface area contributed by atoms with Crippen LogP contribution in [0.4, 0.5) is 22.0 Å². The van der Waals surface area contributed by atoms with E-state index in [1.807, 2.05) is 13.0 Å². The third-order valence-electron chi connectivity index (χ3n) is 3.62. The van der Waals surface area contributed by atoms with Crippen LogP contribution in [0.3, 0.4) is 0 Å². The van der Waals surface area contributed by atoms with Gasteiger partial charge in [0.05, 0.1) is 6.20 Å². The standard InChI is InChI=1S/C15H19FN6/c1-2-17-15-18-6-5-14(20-15)22-9-7-21(8-10-22)13-4-3-12(16)11-19-13/h3-6,11H,2,7-10H2,1H3,(H,17,18,20). The Bertz CT molecular complexity index is 610. The van der Waals surface area contributed by atoms with Crippen LogP contribution in [0.2, 0.25) is 0 Å². The zero-order chi connectivity index (χ0) is 15.4. The van der Waals surface area contributed by atoms with Gasteiger partial charge >= 0.3 is 0 Å². The third-order valence-corrected chi connectivity index (χ3v) is 3.62. The molecular formula is C15H19FN6. The number of nitrogens with one attached hydrogen (secondary N) is 1. The van der Waals surface area contributed by atoms with Crippen LogP contribution in [0.1, 0.15) is 6.92 Å². The molecule has 0 bridgehead atoms. The lowest BCUT2D eigenvalue weighted by atomic mass is 10.3. The molecule has 0 aliphatic carbocycles. The van der Waals surface area contributed by atoms with Crippen molar-refractivity contribution in [2.75, 3.05) is 47.8 Å². The van der Waals surface area contributed by atoms with Gasteiger partial charge in [0, 0.05) is 38.9 Å². The average Bonchev–Trinajstić information content (AvgIpc) is 2.56. The van der Waals surface area contributed by atoms with Gasteiger partial charge in [-0.25, -0.2) is 14.4 Å². The monoisotopic (exact) mass is 302 g/mol. The molecule has 0 saturated carbocycles. The van der Waals surface area contributed by atoms with Crippen molar-refractivity contribution < 1.29 is 4.39 Å². The minimum Gasteiger partial charge on any atom is -0.354 e. The van der Waals surface area contributed by atoms with E-state index in [0.29, 0.717) is 5.95 Å². The summed E-state index contributed by atoms with van der Waals surface area (Å²) in [4.78, 5) is 17.2. The fourth-order valence-corrected chi connectivity index (χ4v) is 2.49. The Labute approximate surface area is 129 Å². The van der Waals surface area contributed by atoms with Crippen LogP contribution in [0, 0.1) is 5.82 Å². The van der Waals surface area contributed by atoms with Gasteiger partial charge in [0.25, 0.3) is 0 Å². The first-order chi connectivity index (χ1) is 10.8. The van der Waals surface area contributed by atoms with Crippen LogP contribution in [-0.4, -0.2) is 47.7 Å². The summed E-state index contributed by atoms with van der Waals surface area (Å²) >= 11 is 0. The molecule has 22 heavy (non-hydrogen) atoms. The maximum Gasteiger partial charge on any atom is 0.224 e. The number of anilines is 3. The topological polar surface area (TPSA) is 57.2 Å². The van der Waals surface area contributed by atoms with Gasteiger partial charge in [-0.05, 0) is 25.1 Å². The van der Waals surface area contributed by atoms with Crippen molar-refractivity contribution in [2.45, 2.75) is 6.92 Å². The molecule has 1 fully saturated rings. The van der Waals surface area contributed by atoms with Crippen LogP contribution in [0.5, 0.6) is 0 Å². The minimum absolute atomic E-state index is 0.306. The van der Waals surface area contributed by atoms with Crippen LogP contribution in [0.25, 0.3) is 0 Å². The van der Waals surface area contributed by atoms with E-state index < -0.39 is 0 Å². The lowest BCUT2D eigenvalue weighted by Gasteiger charge is -2.36. The van der Waals surface area contributed by atoms with Gasteiger partial charge in [0.15, 0.2) is 0 Å². The molecular weight excluding hydrogens is 283 g/mol. The molecule has 0 amide bonds. The SMILES string of the molecule is CCNc1nccc(N2CCN(c3ccc(F)cn3)CC2)n1. The highest BCUT2D eigenvalue weighted by Gasteiger charge is 2.19. The fraction of sp³-hybridized carbons (Fsp3) is 0.400. The number of piperazine rings is 1. The Kier molecular flexibility index (Phi) is 4.32. The maximum atomic E-state index is 12.9. The molecule has 1 aliphatic rings. The Morgan fingerprint density at radius 2 is 1.77 bits per heavy atom. The molecule has 0 atom stereocenters. The van der Waals surface area contributed by atoms with E-state index in [4.69, 9.17) is 0 Å². The van der Waals surface area contributed by atoms with Crippen molar-refractivity contribution in [3.63, 3.8) is 0 Å². The Hall–Kier alpha value is -2.44. The van der Waals surface area contributed by atoms with Gasteiger partial charge in [0.2, 0.25) is 5.95 Å². The molecule has 1 N–H and O–H groups in total. The molecule has 2 aromatic rings. The number of hydrogen-bond acceptors (Lipinski definition) is 6. The number of hydrogen-bond donors (Lipinski definition) is 1. The highest BCUT2D eigenvalue weighted by Crippen LogP contribution is 2.18. The van der Waals surface area contributed by atoms with Crippen molar-refractivity contribution in [2.24, 2.45) is 0 Å². The smallest absolute Gasteiger partial charge is 0.224 e. The molecule has 7 heteroatoms. The largest absolute Gasteiger partial charge is 0.354 e. The molecule has 1 aliphatic heterocycles. The third kappa shape index (κ3) is 3.24. The predicted molar refractivity (Wildman–Crippen MR) is 84.8 cm³/mol. The zero-order valence-corrected chi connectivity index (χ0v) is 12.5. The molecule has 6 nitrogen and oxygen atoms in total. The van der Waals surface area contributed by atoms with Crippen molar-refractivity contribution in [3.05, 3.63) is 36.4 Å². The van der Waals surface area contributed by atoms with Crippen LogP contribution < -0.4 is 15.1 Å².